The fourth-order valence-electron chi connectivity index (χ4n) is 0.740. The number of rotatable bonds is 1. The molecule has 0 aromatic carbocycles. The summed E-state index contributed by atoms with van der Waals surface area (Å²) in [6.45, 7) is 0. The normalized spacial score (nSPS) is 27.5. The van der Waals surface area contributed by atoms with E-state index in [1.807, 2.05) is 0 Å². The Kier molecular flexibility index (Phi) is 1.58. The minimum absolute atomic E-state index is 0.00231. The lowest BCUT2D eigenvalue weighted by Gasteiger charge is -1.96. The Morgan fingerprint density at radius 1 is 1.88 bits per heavy atom. The van der Waals surface area contributed by atoms with E-state index in [0.29, 0.717) is 0 Å². The Bertz CT molecular complexity index is 124. The third-order valence-corrected chi connectivity index (χ3v) is 1.52. The average Bonchev–Trinajstić information content (AvgIpc) is 2.14. The van der Waals surface area contributed by atoms with Gasteiger partial charge in [-0.3, -0.25) is 0 Å². The highest BCUT2D eigenvalue weighted by molar-refractivity contribution is 7.80. The Labute approximate surface area is 53.3 Å². The van der Waals surface area contributed by atoms with Crippen molar-refractivity contribution in [3.05, 3.63) is 0 Å². The van der Waals surface area contributed by atoms with Crippen LogP contribution in [0.4, 0.5) is 0 Å². The number of carbonyl (C=O) groups excluding carboxylic acids is 1. The molecule has 0 bridgehead atoms. The largest absolute Gasteiger partial charge is 0.370 e. The molecule has 1 fully saturated rings. The van der Waals surface area contributed by atoms with Crippen molar-refractivity contribution >= 4 is 23.5 Å². The van der Waals surface area contributed by atoms with Gasteiger partial charge >= 0.3 is 0 Å². The first kappa shape index (κ1) is 5.69. The zero-order chi connectivity index (χ0) is 5.98. The molecule has 44 valence electrons. The SMILES string of the molecule is O=CC1CCC(=S)N1. The zero-order valence-electron chi connectivity index (χ0n) is 4.39. The van der Waals surface area contributed by atoms with Gasteiger partial charge in [0.15, 0.2) is 0 Å². The summed E-state index contributed by atoms with van der Waals surface area (Å²) < 4.78 is 0. The van der Waals surface area contributed by atoms with Gasteiger partial charge < -0.3 is 10.1 Å². The van der Waals surface area contributed by atoms with E-state index in [1.54, 1.807) is 0 Å². The molecule has 1 heterocycles. The smallest absolute Gasteiger partial charge is 0.142 e. The molecule has 0 aromatic rings. The lowest BCUT2D eigenvalue weighted by atomic mass is 10.2. The predicted octanol–water partition coefficient (Wildman–Crippen LogP) is 0.265. The number of nitrogens with one attached hydrogen (secondary N) is 1. The molecule has 8 heavy (non-hydrogen) atoms. The summed E-state index contributed by atoms with van der Waals surface area (Å²) in [5.74, 6) is 0. The van der Waals surface area contributed by atoms with E-state index in [4.69, 9.17) is 12.2 Å². The van der Waals surface area contributed by atoms with Gasteiger partial charge in [0.1, 0.15) is 6.29 Å². The lowest BCUT2D eigenvalue weighted by molar-refractivity contribution is -0.109. The van der Waals surface area contributed by atoms with Crippen LogP contribution in [0.15, 0.2) is 0 Å². The summed E-state index contributed by atoms with van der Waals surface area (Å²) in [4.78, 5) is 10.9. The van der Waals surface area contributed by atoms with Crippen molar-refractivity contribution in [2.24, 2.45) is 0 Å². The van der Waals surface area contributed by atoms with E-state index in [2.05, 4.69) is 5.32 Å². The second-order valence-electron chi connectivity index (χ2n) is 1.85. The first-order valence-electron chi connectivity index (χ1n) is 2.57. The second-order valence-corrected chi connectivity index (χ2v) is 2.34. The summed E-state index contributed by atoms with van der Waals surface area (Å²) in [7, 11) is 0. The molecule has 0 saturated carbocycles. The van der Waals surface area contributed by atoms with Crippen molar-refractivity contribution < 1.29 is 4.79 Å². The van der Waals surface area contributed by atoms with E-state index >= 15 is 0 Å². The summed E-state index contributed by atoms with van der Waals surface area (Å²) in [6, 6.07) is 0.00231. The van der Waals surface area contributed by atoms with Crippen molar-refractivity contribution in [3.63, 3.8) is 0 Å². The first-order valence-corrected chi connectivity index (χ1v) is 2.98. The number of hydrogen-bond acceptors (Lipinski definition) is 2. The quantitative estimate of drug-likeness (QED) is 0.407. The van der Waals surface area contributed by atoms with E-state index < -0.39 is 0 Å². The molecular formula is C5H7NOS. The lowest BCUT2D eigenvalue weighted by Crippen LogP contribution is -2.24. The second kappa shape index (κ2) is 2.22. The molecule has 0 radical (unpaired) electrons. The summed E-state index contributed by atoms with van der Waals surface area (Å²) >= 11 is 4.79. The van der Waals surface area contributed by atoms with Gasteiger partial charge in [-0.2, -0.15) is 0 Å². The number of hydrogen-bond donors (Lipinski definition) is 1. The van der Waals surface area contributed by atoms with E-state index in [-0.39, 0.29) is 6.04 Å². The van der Waals surface area contributed by atoms with Gasteiger partial charge in [0.05, 0.1) is 11.0 Å². The van der Waals surface area contributed by atoms with E-state index in [0.717, 1.165) is 24.1 Å². The summed E-state index contributed by atoms with van der Waals surface area (Å²) in [5.41, 5.74) is 0. The van der Waals surface area contributed by atoms with E-state index in [1.165, 1.54) is 0 Å². The van der Waals surface area contributed by atoms with Gasteiger partial charge in [0.2, 0.25) is 0 Å². The Balaban J connectivity index is 2.43. The number of carbonyl (C=O) groups is 1. The highest BCUT2D eigenvalue weighted by atomic mass is 32.1. The minimum atomic E-state index is 0.00231. The fraction of sp³-hybridized carbons (Fsp3) is 0.600. The van der Waals surface area contributed by atoms with Crippen molar-refractivity contribution in [1.29, 1.82) is 0 Å². The number of thiocarbonyl (C=S) groups is 1. The van der Waals surface area contributed by atoms with Gasteiger partial charge in [0, 0.05) is 6.42 Å². The molecule has 3 heteroatoms. The minimum Gasteiger partial charge on any atom is -0.370 e. The predicted molar refractivity (Wildman–Crippen MR) is 34.8 cm³/mol. The molecule has 1 saturated heterocycles. The van der Waals surface area contributed by atoms with Crippen LogP contribution in [0.5, 0.6) is 0 Å². The molecule has 1 unspecified atom stereocenters. The molecule has 2 nitrogen and oxygen atoms in total. The van der Waals surface area contributed by atoms with Crippen LogP contribution < -0.4 is 5.32 Å². The van der Waals surface area contributed by atoms with Crippen molar-refractivity contribution in [1.82, 2.24) is 5.32 Å². The van der Waals surface area contributed by atoms with Crippen LogP contribution in [0.2, 0.25) is 0 Å². The summed E-state index contributed by atoms with van der Waals surface area (Å²) in [5, 5.41) is 2.87. The van der Waals surface area contributed by atoms with Crippen LogP contribution in [0.1, 0.15) is 12.8 Å². The first-order chi connectivity index (χ1) is 3.83. The van der Waals surface area contributed by atoms with Crippen molar-refractivity contribution in [2.45, 2.75) is 18.9 Å². The van der Waals surface area contributed by atoms with Crippen LogP contribution in [0.25, 0.3) is 0 Å². The molecular weight excluding hydrogens is 122 g/mol. The molecule has 1 atom stereocenters. The Morgan fingerprint density at radius 3 is 2.88 bits per heavy atom. The fourth-order valence-corrected chi connectivity index (χ4v) is 1.01. The van der Waals surface area contributed by atoms with Crippen LogP contribution in [-0.4, -0.2) is 17.3 Å². The zero-order valence-corrected chi connectivity index (χ0v) is 5.20. The van der Waals surface area contributed by atoms with Crippen LogP contribution >= 0.6 is 12.2 Å². The highest BCUT2D eigenvalue weighted by Crippen LogP contribution is 2.04. The van der Waals surface area contributed by atoms with Crippen LogP contribution in [0.3, 0.4) is 0 Å². The van der Waals surface area contributed by atoms with Crippen molar-refractivity contribution in [2.75, 3.05) is 0 Å². The molecule has 0 aliphatic carbocycles. The van der Waals surface area contributed by atoms with Crippen molar-refractivity contribution in [3.8, 4) is 0 Å². The van der Waals surface area contributed by atoms with Crippen LogP contribution in [0, 0.1) is 0 Å². The Hall–Kier alpha value is -0.440. The molecule has 1 aliphatic rings. The molecule has 1 aliphatic heterocycles. The highest BCUT2D eigenvalue weighted by Gasteiger charge is 2.15. The van der Waals surface area contributed by atoms with E-state index in [9.17, 15) is 4.79 Å². The topological polar surface area (TPSA) is 29.1 Å². The monoisotopic (exact) mass is 129 g/mol. The van der Waals surface area contributed by atoms with Gasteiger partial charge in [0.25, 0.3) is 0 Å². The maximum Gasteiger partial charge on any atom is 0.142 e. The molecule has 0 spiro atoms. The maximum absolute atomic E-state index is 10.0. The molecule has 1 N–H and O–H groups in total. The third kappa shape index (κ3) is 1.04. The molecule has 1 rings (SSSR count). The van der Waals surface area contributed by atoms with Gasteiger partial charge in [-0.05, 0) is 6.42 Å². The van der Waals surface area contributed by atoms with Gasteiger partial charge in [-0.1, -0.05) is 12.2 Å². The van der Waals surface area contributed by atoms with Gasteiger partial charge in [-0.25, -0.2) is 0 Å². The van der Waals surface area contributed by atoms with Gasteiger partial charge in [-0.15, -0.1) is 0 Å². The summed E-state index contributed by atoms with van der Waals surface area (Å²) in [6.07, 6.45) is 2.65. The van der Waals surface area contributed by atoms with Crippen LogP contribution in [-0.2, 0) is 4.79 Å². The Morgan fingerprint density at radius 2 is 2.62 bits per heavy atom. The maximum atomic E-state index is 10.0. The molecule has 0 aromatic heterocycles. The average molecular weight is 129 g/mol. The number of aldehydes is 1. The standard InChI is InChI=1S/C5H7NOS/c7-3-4-1-2-5(8)6-4/h3-4H,1-2H2,(H,6,8). The third-order valence-electron chi connectivity index (χ3n) is 1.19. The molecule has 0 amide bonds.